The Morgan fingerprint density at radius 2 is 1.11 bits per heavy atom. The zero-order valence-corrected chi connectivity index (χ0v) is 21.8. The van der Waals surface area contributed by atoms with E-state index < -0.39 is 49.3 Å². The number of halogens is 7. The van der Waals surface area contributed by atoms with Crippen molar-refractivity contribution in [2.45, 2.75) is 128 Å². The molecular formula is C25H41F7O5. The fraction of sp³-hybridized carbons (Fsp3) is 0.920. The third-order valence-electron chi connectivity index (χ3n) is 5.69. The molecule has 0 aliphatic carbocycles. The van der Waals surface area contributed by atoms with E-state index in [2.05, 4.69) is 11.7 Å². The molecule has 0 amide bonds. The largest absolute Gasteiger partial charge is 0.460 e. The molecule has 0 aromatic carbocycles. The second-order valence-electron chi connectivity index (χ2n) is 9.15. The average molecular weight is 555 g/mol. The monoisotopic (exact) mass is 554 g/mol. The summed E-state index contributed by atoms with van der Waals surface area (Å²) in [4.78, 5) is 22.4. The van der Waals surface area contributed by atoms with Gasteiger partial charge in [-0.15, -0.1) is 0 Å². The Morgan fingerprint density at radius 1 is 0.676 bits per heavy atom. The molecule has 37 heavy (non-hydrogen) atoms. The lowest BCUT2D eigenvalue weighted by Gasteiger charge is -2.27. The van der Waals surface area contributed by atoms with E-state index in [1.165, 1.54) is 57.8 Å². The molecule has 0 unspecified atom stereocenters. The van der Waals surface area contributed by atoms with E-state index in [9.17, 15) is 40.3 Å². The van der Waals surface area contributed by atoms with Crippen LogP contribution in [0, 0.1) is 0 Å². The van der Waals surface area contributed by atoms with Crippen LogP contribution >= 0.6 is 0 Å². The maximum atomic E-state index is 13.3. The standard InChI is InChI=1S/C25H41F7O5/c1-3-4-5-6-7-8-9-10-11-12-13-14-15-16-17-35-18-21(37-20(2)33)19-36-22(34)23(26,27)24(28,29)25(30,31)32/h21H,3-19H2,1-2H3/t21-/m1/s1. The maximum Gasteiger partial charge on any atom is 0.460 e. The lowest BCUT2D eigenvalue weighted by Crippen LogP contribution is -2.57. The SMILES string of the molecule is CCCCCCCCCCCCCCCCOC[C@H](COC(=O)C(F)(F)C(F)(F)C(F)(F)F)OC(C)=O. The highest BCUT2D eigenvalue weighted by Gasteiger charge is 2.77. The highest BCUT2D eigenvalue weighted by Crippen LogP contribution is 2.47. The first-order valence-electron chi connectivity index (χ1n) is 13.0. The summed E-state index contributed by atoms with van der Waals surface area (Å²) in [6.45, 7) is 1.79. The van der Waals surface area contributed by atoms with Crippen LogP contribution < -0.4 is 0 Å². The van der Waals surface area contributed by atoms with Gasteiger partial charge >= 0.3 is 30.0 Å². The minimum atomic E-state index is -6.67. The van der Waals surface area contributed by atoms with E-state index in [0.29, 0.717) is 6.42 Å². The van der Waals surface area contributed by atoms with Crippen LogP contribution in [0.15, 0.2) is 0 Å². The Kier molecular flexibility index (Phi) is 17.8. The molecule has 0 aliphatic heterocycles. The molecule has 0 aromatic rings. The number of rotatable bonds is 22. The van der Waals surface area contributed by atoms with Crippen molar-refractivity contribution in [2.24, 2.45) is 0 Å². The zero-order valence-electron chi connectivity index (χ0n) is 21.8. The van der Waals surface area contributed by atoms with Crippen LogP contribution in [0.5, 0.6) is 0 Å². The number of ether oxygens (including phenoxy) is 3. The molecule has 0 saturated heterocycles. The van der Waals surface area contributed by atoms with Gasteiger partial charge in [-0.2, -0.15) is 30.7 Å². The van der Waals surface area contributed by atoms with Crippen LogP contribution in [0.1, 0.15) is 104 Å². The van der Waals surface area contributed by atoms with Gasteiger partial charge in [-0.3, -0.25) is 4.79 Å². The number of hydrogen-bond donors (Lipinski definition) is 0. The summed E-state index contributed by atoms with van der Waals surface area (Å²) in [7, 11) is 0. The van der Waals surface area contributed by atoms with Gasteiger partial charge in [-0.25, -0.2) is 4.79 Å². The van der Waals surface area contributed by atoms with Crippen LogP contribution in [-0.4, -0.2) is 55.9 Å². The van der Waals surface area contributed by atoms with E-state index >= 15 is 0 Å². The third-order valence-corrected chi connectivity index (χ3v) is 5.69. The molecule has 0 saturated carbocycles. The Labute approximate surface area is 214 Å². The van der Waals surface area contributed by atoms with E-state index in [-0.39, 0.29) is 6.61 Å². The molecule has 0 bridgehead atoms. The van der Waals surface area contributed by atoms with Gasteiger partial charge in [-0.1, -0.05) is 90.4 Å². The molecule has 0 fully saturated rings. The molecule has 0 aliphatic rings. The predicted octanol–water partition coefficient (Wildman–Crippen LogP) is 7.79. The van der Waals surface area contributed by atoms with Crippen LogP contribution in [0.25, 0.3) is 0 Å². The van der Waals surface area contributed by atoms with Gasteiger partial charge in [0.2, 0.25) is 0 Å². The van der Waals surface area contributed by atoms with Gasteiger partial charge in [0.1, 0.15) is 6.61 Å². The van der Waals surface area contributed by atoms with E-state index in [4.69, 9.17) is 9.47 Å². The van der Waals surface area contributed by atoms with Gasteiger partial charge in [0.05, 0.1) is 6.61 Å². The summed E-state index contributed by atoms with van der Waals surface area (Å²) >= 11 is 0. The van der Waals surface area contributed by atoms with Gasteiger partial charge in [0.25, 0.3) is 0 Å². The molecule has 0 N–H and O–H groups in total. The smallest absolute Gasteiger partial charge is 0.457 e. The minimum Gasteiger partial charge on any atom is -0.457 e. The van der Waals surface area contributed by atoms with Gasteiger partial charge in [0.15, 0.2) is 6.10 Å². The highest BCUT2D eigenvalue weighted by molar-refractivity contribution is 5.79. The number of carbonyl (C=O) groups is 2. The van der Waals surface area contributed by atoms with Crippen molar-refractivity contribution < 1.29 is 54.5 Å². The van der Waals surface area contributed by atoms with E-state index in [1.54, 1.807) is 0 Å². The number of unbranched alkanes of at least 4 members (excludes halogenated alkanes) is 13. The summed E-state index contributed by atoms with van der Waals surface area (Å²) in [6, 6.07) is 0. The van der Waals surface area contributed by atoms with E-state index in [1.807, 2.05) is 0 Å². The molecule has 0 rings (SSSR count). The highest BCUT2D eigenvalue weighted by atomic mass is 19.4. The van der Waals surface area contributed by atoms with Gasteiger partial charge in [-0.05, 0) is 6.42 Å². The maximum absolute atomic E-state index is 13.3. The molecule has 0 aromatic heterocycles. The number of alkyl halides is 7. The first-order valence-corrected chi connectivity index (χ1v) is 13.0. The second-order valence-corrected chi connectivity index (χ2v) is 9.15. The van der Waals surface area contributed by atoms with Gasteiger partial charge in [0, 0.05) is 13.5 Å². The van der Waals surface area contributed by atoms with E-state index in [0.717, 1.165) is 32.6 Å². The molecule has 5 nitrogen and oxygen atoms in total. The molecule has 0 spiro atoms. The number of esters is 2. The Bertz CT molecular complexity index is 627. The number of hydrogen-bond acceptors (Lipinski definition) is 5. The van der Waals surface area contributed by atoms with Crippen molar-refractivity contribution >= 4 is 11.9 Å². The molecule has 1 atom stereocenters. The quantitative estimate of drug-likeness (QED) is 0.0777. The van der Waals surface area contributed by atoms with Crippen LogP contribution in [-0.2, 0) is 23.8 Å². The fourth-order valence-electron chi connectivity index (χ4n) is 3.53. The van der Waals surface area contributed by atoms with Crippen LogP contribution in [0.3, 0.4) is 0 Å². The van der Waals surface area contributed by atoms with Crippen LogP contribution in [0.4, 0.5) is 30.7 Å². The zero-order chi connectivity index (χ0) is 28.4. The summed E-state index contributed by atoms with van der Waals surface area (Å²) in [5.41, 5.74) is 0. The molecular weight excluding hydrogens is 513 g/mol. The summed E-state index contributed by atoms with van der Waals surface area (Å²) in [6.07, 6.45) is 8.14. The summed E-state index contributed by atoms with van der Waals surface area (Å²) in [5.74, 6) is -16.8. The van der Waals surface area contributed by atoms with Crippen molar-refractivity contribution in [3.05, 3.63) is 0 Å². The van der Waals surface area contributed by atoms with Crippen molar-refractivity contribution in [1.82, 2.24) is 0 Å². The lowest BCUT2D eigenvalue weighted by atomic mass is 10.0. The van der Waals surface area contributed by atoms with Crippen molar-refractivity contribution in [1.29, 1.82) is 0 Å². The fourth-order valence-corrected chi connectivity index (χ4v) is 3.53. The molecule has 0 heterocycles. The predicted molar refractivity (Wildman–Crippen MR) is 124 cm³/mol. The Morgan fingerprint density at radius 3 is 1.51 bits per heavy atom. The summed E-state index contributed by atoms with van der Waals surface area (Å²) in [5, 5.41) is 0. The molecule has 220 valence electrons. The van der Waals surface area contributed by atoms with Crippen molar-refractivity contribution in [2.75, 3.05) is 19.8 Å². The lowest BCUT2D eigenvalue weighted by molar-refractivity contribution is -0.348. The number of carbonyl (C=O) groups excluding carboxylic acids is 2. The third kappa shape index (κ3) is 14.8. The average Bonchev–Trinajstić information content (AvgIpc) is 2.80. The Hall–Kier alpha value is -1.59. The topological polar surface area (TPSA) is 61.8 Å². The first kappa shape index (κ1) is 35.4. The first-order chi connectivity index (χ1) is 17.3. The second kappa shape index (κ2) is 18.6. The normalized spacial score (nSPS) is 13.4. The molecule has 12 heteroatoms. The Balaban J connectivity index is 4.06. The molecule has 0 radical (unpaired) electrons. The van der Waals surface area contributed by atoms with Crippen molar-refractivity contribution in [3.63, 3.8) is 0 Å². The van der Waals surface area contributed by atoms with Crippen LogP contribution in [0.2, 0.25) is 0 Å². The van der Waals surface area contributed by atoms with Crippen molar-refractivity contribution in [3.8, 4) is 0 Å². The summed E-state index contributed by atoms with van der Waals surface area (Å²) < 4.78 is 103. The van der Waals surface area contributed by atoms with Gasteiger partial charge < -0.3 is 14.2 Å². The minimum absolute atomic E-state index is 0.214.